The first-order valence-corrected chi connectivity index (χ1v) is 4.29. The second-order valence-electron chi connectivity index (χ2n) is 2.37. The van der Waals surface area contributed by atoms with Gasteiger partial charge >= 0.3 is 0 Å². The molecule has 0 heterocycles. The van der Waals surface area contributed by atoms with E-state index in [1.807, 2.05) is 0 Å². The van der Waals surface area contributed by atoms with E-state index in [1.54, 1.807) is 31.4 Å². The van der Waals surface area contributed by atoms with Crippen molar-refractivity contribution < 1.29 is 9.53 Å². The Bertz CT molecular complexity index is 301. The minimum Gasteiger partial charge on any atom is -0.497 e. The number of rotatable bonds is 3. The van der Waals surface area contributed by atoms with Crippen LogP contribution in [0, 0.1) is 0 Å². The van der Waals surface area contributed by atoms with Crippen molar-refractivity contribution in [3.8, 4) is 5.75 Å². The zero-order valence-electron chi connectivity index (χ0n) is 7.21. The summed E-state index contributed by atoms with van der Waals surface area (Å²) in [6, 6.07) is 6.99. The van der Waals surface area contributed by atoms with E-state index in [4.69, 9.17) is 16.3 Å². The Balaban J connectivity index is 2.82. The fraction of sp³-hybridized carbons (Fsp3) is 0.222. The van der Waals surface area contributed by atoms with E-state index in [0.717, 1.165) is 0 Å². The molecule has 0 radical (unpaired) electrons. The normalized spacial score (nSPS) is 9.38. The highest BCUT2D eigenvalue weighted by molar-refractivity contribution is 6.19. The zero-order valence-corrected chi connectivity index (χ0v) is 7.97. The van der Waals surface area contributed by atoms with Crippen molar-refractivity contribution in [3.05, 3.63) is 29.8 Å². The molecule has 0 saturated heterocycles. The van der Waals surface area contributed by atoms with Crippen molar-refractivity contribution in [2.24, 2.45) is 0 Å². The first kappa shape index (κ1) is 9.86. The summed E-state index contributed by atoms with van der Waals surface area (Å²) in [4.78, 5) is 11.3. The smallest absolute Gasteiger partial charge is 0.252 e. The molecule has 1 rings (SSSR count). The molecular formula is C9H10ClNO2. The van der Waals surface area contributed by atoms with Crippen molar-refractivity contribution in [3.63, 3.8) is 0 Å². The maximum Gasteiger partial charge on any atom is 0.252 e. The third-order valence-corrected chi connectivity index (χ3v) is 1.69. The van der Waals surface area contributed by atoms with Gasteiger partial charge in [0.25, 0.3) is 5.91 Å². The molecular weight excluding hydrogens is 190 g/mol. The molecule has 0 bridgehead atoms. The van der Waals surface area contributed by atoms with Crippen molar-refractivity contribution in [2.45, 2.75) is 0 Å². The van der Waals surface area contributed by atoms with Gasteiger partial charge in [-0.25, -0.2) is 0 Å². The lowest BCUT2D eigenvalue weighted by Crippen LogP contribution is -2.21. The van der Waals surface area contributed by atoms with Crippen LogP contribution >= 0.6 is 11.6 Å². The molecule has 0 aromatic heterocycles. The van der Waals surface area contributed by atoms with Gasteiger partial charge in [-0.05, 0) is 18.2 Å². The molecule has 0 unspecified atom stereocenters. The summed E-state index contributed by atoms with van der Waals surface area (Å²) < 4.78 is 4.97. The van der Waals surface area contributed by atoms with Gasteiger partial charge in [-0.3, -0.25) is 4.79 Å². The molecule has 0 aliphatic carbocycles. The summed E-state index contributed by atoms with van der Waals surface area (Å²) in [5.74, 6) is 0.455. The highest BCUT2D eigenvalue weighted by Gasteiger charge is 2.04. The summed E-state index contributed by atoms with van der Waals surface area (Å²) >= 11 is 5.36. The van der Waals surface area contributed by atoms with Gasteiger partial charge in [0, 0.05) is 5.56 Å². The molecule has 0 aliphatic heterocycles. The van der Waals surface area contributed by atoms with Gasteiger partial charge in [-0.2, -0.15) is 0 Å². The summed E-state index contributed by atoms with van der Waals surface area (Å²) in [7, 11) is 1.55. The van der Waals surface area contributed by atoms with Crippen LogP contribution in [0.3, 0.4) is 0 Å². The fourth-order valence-corrected chi connectivity index (χ4v) is 1.05. The monoisotopic (exact) mass is 199 g/mol. The van der Waals surface area contributed by atoms with Crippen molar-refractivity contribution in [1.82, 2.24) is 5.32 Å². The Labute approximate surface area is 81.7 Å². The van der Waals surface area contributed by atoms with Crippen molar-refractivity contribution in [2.75, 3.05) is 13.1 Å². The van der Waals surface area contributed by atoms with Crippen LogP contribution in [-0.2, 0) is 0 Å². The standard InChI is InChI=1S/C9H10ClNO2/c1-13-8-4-2-3-7(5-8)9(12)11-6-10/h2-5H,6H2,1H3,(H,11,12). The average Bonchev–Trinajstić information content (AvgIpc) is 2.18. The Hall–Kier alpha value is -1.22. The fourth-order valence-electron chi connectivity index (χ4n) is 0.927. The Kier molecular flexibility index (Phi) is 3.58. The predicted molar refractivity (Wildman–Crippen MR) is 51.2 cm³/mol. The predicted octanol–water partition coefficient (Wildman–Crippen LogP) is 1.62. The number of carbonyl (C=O) groups is 1. The number of halogens is 1. The largest absolute Gasteiger partial charge is 0.497 e. The van der Waals surface area contributed by atoms with Gasteiger partial charge in [0.15, 0.2) is 0 Å². The number of nitrogens with one attached hydrogen (secondary N) is 1. The van der Waals surface area contributed by atoms with E-state index >= 15 is 0 Å². The zero-order chi connectivity index (χ0) is 9.68. The van der Waals surface area contributed by atoms with Crippen LogP contribution in [0.2, 0.25) is 0 Å². The lowest BCUT2D eigenvalue weighted by atomic mass is 10.2. The minimum absolute atomic E-state index is 0.107. The molecule has 0 fully saturated rings. The number of alkyl halides is 1. The van der Waals surface area contributed by atoms with Crippen molar-refractivity contribution in [1.29, 1.82) is 0 Å². The van der Waals surface area contributed by atoms with Gasteiger partial charge in [0.2, 0.25) is 0 Å². The van der Waals surface area contributed by atoms with E-state index in [-0.39, 0.29) is 11.9 Å². The topological polar surface area (TPSA) is 38.3 Å². The molecule has 0 aliphatic rings. The van der Waals surface area contributed by atoms with Crippen LogP contribution in [0.25, 0.3) is 0 Å². The van der Waals surface area contributed by atoms with E-state index in [2.05, 4.69) is 5.32 Å². The molecule has 1 aromatic carbocycles. The number of amides is 1. The average molecular weight is 200 g/mol. The molecule has 4 heteroatoms. The molecule has 70 valence electrons. The molecule has 1 N–H and O–H groups in total. The summed E-state index contributed by atoms with van der Waals surface area (Å²) in [5, 5.41) is 2.48. The van der Waals surface area contributed by atoms with E-state index in [1.165, 1.54) is 0 Å². The molecule has 0 spiro atoms. The second-order valence-corrected chi connectivity index (χ2v) is 2.64. The van der Waals surface area contributed by atoms with Crippen LogP contribution in [0.1, 0.15) is 10.4 Å². The lowest BCUT2D eigenvalue weighted by Gasteiger charge is -2.03. The van der Waals surface area contributed by atoms with Crippen molar-refractivity contribution >= 4 is 17.5 Å². The third kappa shape index (κ3) is 2.63. The first-order chi connectivity index (χ1) is 6.27. The molecule has 0 atom stereocenters. The highest BCUT2D eigenvalue weighted by atomic mass is 35.5. The lowest BCUT2D eigenvalue weighted by molar-refractivity contribution is 0.0960. The number of benzene rings is 1. The maximum atomic E-state index is 11.3. The number of methoxy groups -OCH3 is 1. The van der Waals surface area contributed by atoms with Crippen LogP contribution < -0.4 is 10.1 Å². The third-order valence-electron chi connectivity index (χ3n) is 1.56. The van der Waals surface area contributed by atoms with Gasteiger partial charge in [0.1, 0.15) is 5.75 Å². The molecule has 3 nitrogen and oxygen atoms in total. The van der Waals surface area contributed by atoms with Crippen LogP contribution in [0.4, 0.5) is 0 Å². The van der Waals surface area contributed by atoms with E-state index in [0.29, 0.717) is 11.3 Å². The van der Waals surface area contributed by atoms with Crippen LogP contribution in [0.5, 0.6) is 5.75 Å². The Morgan fingerprint density at radius 3 is 3.00 bits per heavy atom. The quantitative estimate of drug-likeness (QED) is 0.594. The van der Waals surface area contributed by atoms with Gasteiger partial charge < -0.3 is 10.1 Å². The van der Waals surface area contributed by atoms with Crippen LogP contribution in [0.15, 0.2) is 24.3 Å². The Morgan fingerprint density at radius 2 is 2.38 bits per heavy atom. The summed E-state index contributed by atoms with van der Waals surface area (Å²) in [6.45, 7) is 0. The SMILES string of the molecule is COc1cccc(C(=O)NCCl)c1. The minimum atomic E-state index is -0.200. The number of carbonyl (C=O) groups excluding carboxylic acids is 1. The van der Waals surface area contributed by atoms with E-state index < -0.39 is 0 Å². The maximum absolute atomic E-state index is 11.3. The molecule has 1 amide bonds. The highest BCUT2D eigenvalue weighted by Crippen LogP contribution is 2.12. The summed E-state index contributed by atoms with van der Waals surface area (Å²) in [6.07, 6.45) is 0. The first-order valence-electron chi connectivity index (χ1n) is 3.76. The number of hydrogen-bond donors (Lipinski definition) is 1. The van der Waals surface area contributed by atoms with E-state index in [9.17, 15) is 4.79 Å². The van der Waals surface area contributed by atoms with Gasteiger partial charge in [-0.1, -0.05) is 6.07 Å². The van der Waals surface area contributed by atoms with Gasteiger partial charge in [0.05, 0.1) is 13.1 Å². The van der Waals surface area contributed by atoms with Gasteiger partial charge in [-0.15, -0.1) is 11.6 Å². The number of ether oxygens (including phenoxy) is 1. The summed E-state index contributed by atoms with van der Waals surface area (Å²) in [5.41, 5.74) is 0.542. The second kappa shape index (κ2) is 4.72. The molecule has 13 heavy (non-hydrogen) atoms. The molecule has 0 saturated carbocycles. The number of hydrogen-bond acceptors (Lipinski definition) is 2. The Morgan fingerprint density at radius 1 is 1.62 bits per heavy atom. The van der Waals surface area contributed by atoms with Crippen LogP contribution in [-0.4, -0.2) is 19.0 Å². The molecule has 1 aromatic rings.